The van der Waals surface area contributed by atoms with Crippen LogP contribution in [0.3, 0.4) is 0 Å². The number of amides is 1. The van der Waals surface area contributed by atoms with Gasteiger partial charge < -0.3 is 11.1 Å². The molecule has 0 aliphatic heterocycles. The molecule has 1 rings (SSSR count). The molecule has 1 amide bonds. The lowest BCUT2D eigenvalue weighted by molar-refractivity contribution is -0.117. The average Bonchev–Trinajstić information content (AvgIpc) is 2.26. The van der Waals surface area contributed by atoms with Crippen LogP contribution < -0.4 is 11.1 Å². The minimum atomic E-state index is -3.11. The second-order valence-corrected chi connectivity index (χ2v) is 5.90. The first-order chi connectivity index (χ1) is 7.88. The van der Waals surface area contributed by atoms with Crippen LogP contribution in [-0.4, -0.2) is 42.3 Å². The average molecular weight is 258 g/mol. The topological polar surface area (TPSA) is 115 Å². The summed E-state index contributed by atoms with van der Waals surface area (Å²) >= 11 is 0. The lowest BCUT2D eigenvalue weighted by Gasteiger charge is -2.10. The van der Waals surface area contributed by atoms with Crippen molar-refractivity contribution in [1.82, 2.24) is 9.97 Å². The van der Waals surface area contributed by atoms with Crippen LogP contribution in [0.2, 0.25) is 0 Å². The summed E-state index contributed by atoms with van der Waals surface area (Å²) < 4.78 is 21.8. The van der Waals surface area contributed by atoms with Gasteiger partial charge in [-0.05, 0) is 6.42 Å². The number of hydrogen-bond acceptors (Lipinski definition) is 6. The number of anilines is 1. The first kappa shape index (κ1) is 13.5. The van der Waals surface area contributed by atoms with E-state index in [-0.39, 0.29) is 12.2 Å². The van der Waals surface area contributed by atoms with E-state index < -0.39 is 21.8 Å². The van der Waals surface area contributed by atoms with Gasteiger partial charge in [0.1, 0.15) is 16.2 Å². The van der Waals surface area contributed by atoms with E-state index >= 15 is 0 Å². The van der Waals surface area contributed by atoms with Gasteiger partial charge in [-0.25, -0.2) is 18.4 Å². The summed E-state index contributed by atoms with van der Waals surface area (Å²) in [6.45, 7) is 0. The molecule has 1 aromatic rings. The van der Waals surface area contributed by atoms with Gasteiger partial charge in [-0.1, -0.05) is 0 Å². The fourth-order valence-electron chi connectivity index (χ4n) is 1.07. The van der Waals surface area contributed by atoms with E-state index in [0.29, 0.717) is 5.69 Å². The molecule has 7 nitrogen and oxygen atoms in total. The van der Waals surface area contributed by atoms with Crippen molar-refractivity contribution in [3.8, 4) is 0 Å². The Labute approximate surface area is 99.4 Å². The van der Waals surface area contributed by atoms with Crippen LogP contribution in [0.5, 0.6) is 0 Å². The van der Waals surface area contributed by atoms with E-state index in [9.17, 15) is 13.2 Å². The third-order valence-corrected chi connectivity index (χ3v) is 2.94. The van der Waals surface area contributed by atoms with Crippen molar-refractivity contribution in [2.75, 3.05) is 17.3 Å². The first-order valence-electron chi connectivity index (χ1n) is 4.87. The standard InChI is InChI=1S/C9H14N4O3S/c1-17(15,16)3-2-8(10)9(14)13-7-4-11-6-12-5-7/h4-6,8H,2-3,10H2,1H3,(H,13,14). The van der Waals surface area contributed by atoms with E-state index in [0.717, 1.165) is 6.26 Å². The van der Waals surface area contributed by atoms with E-state index in [2.05, 4.69) is 15.3 Å². The monoisotopic (exact) mass is 258 g/mol. The summed E-state index contributed by atoms with van der Waals surface area (Å²) in [7, 11) is -3.11. The van der Waals surface area contributed by atoms with Crippen LogP contribution in [0.4, 0.5) is 5.69 Å². The summed E-state index contributed by atoms with van der Waals surface area (Å²) in [4.78, 5) is 19.0. The first-order valence-corrected chi connectivity index (χ1v) is 6.94. The maximum absolute atomic E-state index is 11.5. The predicted octanol–water partition coefficient (Wildman–Crippen LogP) is -0.823. The van der Waals surface area contributed by atoms with Crippen molar-refractivity contribution >= 4 is 21.4 Å². The second-order valence-electron chi connectivity index (χ2n) is 3.64. The van der Waals surface area contributed by atoms with Crippen molar-refractivity contribution in [3.63, 3.8) is 0 Å². The van der Waals surface area contributed by atoms with E-state index in [1.807, 2.05) is 0 Å². The maximum Gasteiger partial charge on any atom is 0.241 e. The zero-order valence-electron chi connectivity index (χ0n) is 9.33. The summed E-state index contributed by atoms with van der Waals surface area (Å²) in [5, 5.41) is 2.49. The molecule has 1 atom stereocenters. The molecule has 0 radical (unpaired) electrons. The smallest absolute Gasteiger partial charge is 0.241 e. The number of carbonyl (C=O) groups excluding carboxylic acids is 1. The molecule has 17 heavy (non-hydrogen) atoms. The quantitative estimate of drug-likeness (QED) is 0.712. The number of carbonyl (C=O) groups is 1. The summed E-state index contributed by atoms with van der Waals surface area (Å²) in [6.07, 6.45) is 5.36. The van der Waals surface area contributed by atoms with Gasteiger partial charge in [-0.3, -0.25) is 4.79 Å². The Bertz CT molecular complexity index is 474. The van der Waals surface area contributed by atoms with Crippen LogP contribution in [0, 0.1) is 0 Å². The zero-order chi connectivity index (χ0) is 12.9. The highest BCUT2D eigenvalue weighted by Gasteiger charge is 2.16. The van der Waals surface area contributed by atoms with Gasteiger partial charge in [0.15, 0.2) is 0 Å². The van der Waals surface area contributed by atoms with Crippen molar-refractivity contribution in [3.05, 3.63) is 18.7 Å². The van der Waals surface area contributed by atoms with Crippen LogP contribution in [-0.2, 0) is 14.6 Å². The van der Waals surface area contributed by atoms with Crippen molar-refractivity contribution in [2.24, 2.45) is 5.73 Å². The Morgan fingerprint density at radius 1 is 1.47 bits per heavy atom. The number of nitrogens with one attached hydrogen (secondary N) is 1. The van der Waals surface area contributed by atoms with Crippen molar-refractivity contribution in [2.45, 2.75) is 12.5 Å². The van der Waals surface area contributed by atoms with Crippen LogP contribution in [0.25, 0.3) is 0 Å². The molecule has 0 bridgehead atoms. The number of nitrogens with zero attached hydrogens (tertiary/aromatic N) is 2. The van der Waals surface area contributed by atoms with Gasteiger partial charge >= 0.3 is 0 Å². The van der Waals surface area contributed by atoms with Crippen LogP contribution in [0.15, 0.2) is 18.7 Å². The normalized spacial score (nSPS) is 13.1. The molecule has 3 N–H and O–H groups in total. The Morgan fingerprint density at radius 3 is 2.59 bits per heavy atom. The fourth-order valence-corrected chi connectivity index (χ4v) is 1.75. The molecule has 0 aromatic carbocycles. The molecule has 0 saturated carbocycles. The molecule has 0 aliphatic rings. The van der Waals surface area contributed by atoms with Crippen molar-refractivity contribution in [1.29, 1.82) is 0 Å². The van der Waals surface area contributed by atoms with Crippen LogP contribution in [0.1, 0.15) is 6.42 Å². The minimum absolute atomic E-state index is 0.0817. The lowest BCUT2D eigenvalue weighted by Crippen LogP contribution is -2.37. The molecular formula is C9H14N4O3S. The van der Waals surface area contributed by atoms with Gasteiger partial charge in [-0.15, -0.1) is 0 Å². The molecule has 0 spiro atoms. The van der Waals surface area contributed by atoms with E-state index in [4.69, 9.17) is 5.73 Å². The van der Waals surface area contributed by atoms with Crippen molar-refractivity contribution < 1.29 is 13.2 Å². The Morgan fingerprint density at radius 2 is 2.06 bits per heavy atom. The minimum Gasteiger partial charge on any atom is -0.322 e. The van der Waals surface area contributed by atoms with Gasteiger partial charge in [-0.2, -0.15) is 0 Å². The summed E-state index contributed by atoms with van der Waals surface area (Å²) in [5.74, 6) is -0.573. The Hall–Kier alpha value is -1.54. The number of sulfone groups is 1. The van der Waals surface area contributed by atoms with Gasteiger partial charge in [0.2, 0.25) is 5.91 Å². The van der Waals surface area contributed by atoms with Crippen LogP contribution >= 0.6 is 0 Å². The molecule has 1 heterocycles. The highest BCUT2D eigenvalue weighted by molar-refractivity contribution is 7.90. The highest BCUT2D eigenvalue weighted by Crippen LogP contribution is 2.02. The van der Waals surface area contributed by atoms with Gasteiger partial charge in [0, 0.05) is 6.26 Å². The Kier molecular flexibility index (Phi) is 4.53. The van der Waals surface area contributed by atoms with Gasteiger partial charge in [0.25, 0.3) is 0 Å². The molecular weight excluding hydrogens is 244 g/mol. The van der Waals surface area contributed by atoms with E-state index in [1.165, 1.54) is 18.7 Å². The number of rotatable bonds is 5. The predicted molar refractivity (Wildman–Crippen MR) is 63.0 cm³/mol. The summed E-state index contributed by atoms with van der Waals surface area (Å²) in [6, 6.07) is -0.870. The molecule has 1 unspecified atom stereocenters. The second kappa shape index (κ2) is 5.69. The number of hydrogen-bond donors (Lipinski definition) is 2. The molecule has 0 aliphatic carbocycles. The molecule has 94 valence electrons. The molecule has 0 fully saturated rings. The largest absolute Gasteiger partial charge is 0.322 e. The number of nitrogens with two attached hydrogens (primary N) is 1. The molecule has 8 heteroatoms. The lowest BCUT2D eigenvalue weighted by atomic mass is 10.2. The zero-order valence-corrected chi connectivity index (χ0v) is 10.1. The Balaban J connectivity index is 2.48. The maximum atomic E-state index is 11.5. The molecule has 1 aromatic heterocycles. The SMILES string of the molecule is CS(=O)(=O)CCC(N)C(=O)Nc1cncnc1. The third-order valence-electron chi connectivity index (χ3n) is 1.96. The fraction of sp³-hybridized carbons (Fsp3) is 0.444. The van der Waals surface area contributed by atoms with Gasteiger partial charge in [0.05, 0.1) is 29.9 Å². The highest BCUT2D eigenvalue weighted by atomic mass is 32.2. The molecule has 0 saturated heterocycles. The third kappa shape index (κ3) is 5.36. The number of aromatic nitrogens is 2. The van der Waals surface area contributed by atoms with E-state index in [1.54, 1.807) is 0 Å². The summed E-state index contributed by atoms with van der Waals surface area (Å²) in [5.41, 5.74) is 5.98.